The minimum absolute atomic E-state index is 0.104. The number of hydrogen-bond donors (Lipinski definition) is 4. The van der Waals surface area contributed by atoms with Crippen molar-refractivity contribution in [2.45, 2.75) is 97.9 Å². The molecule has 1 aliphatic heterocycles. The van der Waals surface area contributed by atoms with Gasteiger partial charge in [0.15, 0.2) is 0 Å². The van der Waals surface area contributed by atoms with Crippen molar-refractivity contribution in [3.63, 3.8) is 0 Å². The Balaban J connectivity index is 3.27. The number of nitrogens with zero attached hydrogens (tertiary/aromatic N) is 1. The lowest BCUT2D eigenvalue weighted by molar-refractivity contribution is -0.151. The fourth-order valence-corrected chi connectivity index (χ4v) is 4.66. The van der Waals surface area contributed by atoms with Gasteiger partial charge in [0, 0.05) is 19.4 Å². The van der Waals surface area contributed by atoms with E-state index >= 15 is 0 Å². The molecule has 1 rings (SSSR count). The van der Waals surface area contributed by atoms with Gasteiger partial charge in [-0.05, 0) is 50.5 Å². The number of hydrazine groups is 1. The molecule has 1 saturated heterocycles. The van der Waals surface area contributed by atoms with Gasteiger partial charge < -0.3 is 25.3 Å². The topological polar surface area (TPSA) is 154 Å². The van der Waals surface area contributed by atoms with Crippen molar-refractivity contribution in [1.29, 1.82) is 0 Å². The molecule has 42 heavy (non-hydrogen) atoms. The summed E-state index contributed by atoms with van der Waals surface area (Å²) in [5, 5.41) is 17.6. The standard InChI is InChI=1S/C31H50N4O7/c1-9-11-13-22(10-2)18-25(30(40)35-17-12-14-24(34-35)31(41)42-8)32-29(39)26(19(3)4)33-28(38)23(16-15-21(7)36)27(37)20(5)6/h9-11,13,19-20,23-27,34,37H,2,12,14-18H2,1,3-8H3,(H,32,39)(H,33,38)/b11-9-,22-13+. The molecule has 0 aromatic heterocycles. The van der Waals surface area contributed by atoms with E-state index in [-0.39, 0.29) is 36.9 Å². The van der Waals surface area contributed by atoms with Gasteiger partial charge in [0.1, 0.15) is 23.9 Å². The predicted molar refractivity (Wildman–Crippen MR) is 161 cm³/mol. The highest BCUT2D eigenvalue weighted by atomic mass is 16.5. The molecule has 0 saturated carbocycles. The van der Waals surface area contributed by atoms with E-state index in [1.54, 1.807) is 45.9 Å². The van der Waals surface area contributed by atoms with E-state index in [9.17, 15) is 29.1 Å². The number of methoxy groups -OCH3 is 1. The van der Waals surface area contributed by atoms with Gasteiger partial charge in [-0.15, -0.1) is 0 Å². The van der Waals surface area contributed by atoms with Crippen LogP contribution in [0, 0.1) is 17.8 Å². The number of esters is 1. The first kappa shape index (κ1) is 36.7. The molecule has 0 aromatic rings. The number of carbonyl (C=O) groups is 5. The predicted octanol–water partition coefficient (Wildman–Crippen LogP) is 2.36. The lowest BCUT2D eigenvalue weighted by Gasteiger charge is -2.35. The molecule has 1 aliphatic rings. The third-order valence-corrected chi connectivity index (χ3v) is 7.24. The van der Waals surface area contributed by atoms with Gasteiger partial charge in [0.2, 0.25) is 11.8 Å². The Labute approximate surface area is 250 Å². The molecule has 1 fully saturated rings. The van der Waals surface area contributed by atoms with Crippen LogP contribution in [0.5, 0.6) is 0 Å². The second-order valence-corrected chi connectivity index (χ2v) is 11.4. The zero-order valence-corrected chi connectivity index (χ0v) is 26.1. The highest BCUT2D eigenvalue weighted by Crippen LogP contribution is 2.20. The molecular formula is C31H50N4O7. The van der Waals surface area contributed by atoms with E-state index in [0.29, 0.717) is 25.0 Å². The molecule has 11 nitrogen and oxygen atoms in total. The number of amides is 3. The average Bonchev–Trinajstić information content (AvgIpc) is 2.95. The molecule has 0 radical (unpaired) electrons. The smallest absolute Gasteiger partial charge is 0.324 e. The van der Waals surface area contributed by atoms with Gasteiger partial charge >= 0.3 is 5.97 Å². The summed E-state index contributed by atoms with van der Waals surface area (Å²) in [4.78, 5) is 64.4. The molecule has 1 heterocycles. The summed E-state index contributed by atoms with van der Waals surface area (Å²) >= 11 is 0. The summed E-state index contributed by atoms with van der Waals surface area (Å²) in [6.07, 6.45) is 7.45. The number of rotatable bonds is 16. The van der Waals surface area contributed by atoms with Crippen molar-refractivity contribution >= 4 is 29.5 Å². The van der Waals surface area contributed by atoms with Crippen molar-refractivity contribution in [2.75, 3.05) is 13.7 Å². The maximum Gasteiger partial charge on any atom is 0.324 e. The maximum atomic E-state index is 13.7. The molecule has 0 aliphatic carbocycles. The molecule has 11 heteroatoms. The lowest BCUT2D eigenvalue weighted by atomic mass is 9.87. The summed E-state index contributed by atoms with van der Waals surface area (Å²) in [5.74, 6) is -3.63. The average molecular weight is 591 g/mol. The Morgan fingerprint density at radius 1 is 1.10 bits per heavy atom. The van der Waals surface area contributed by atoms with Crippen LogP contribution in [-0.2, 0) is 28.7 Å². The van der Waals surface area contributed by atoms with E-state index in [1.165, 1.54) is 19.0 Å². The van der Waals surface area contributed by atoms with Gasteiger partial charge in [-0.1, -0.05) is 58.6 Å². The molecule has 0 spiro atoms. The van der Waals surface area contributed by atoms with Gasteiger partial charge in [-0.3, -0.25) is 24.2 Å². The number of allylic oxidation sites excluding steroid dienone is 4. The highest BCUT2D eigenvalue weighted by Gasteiger charge is 2.36. The van der Waals surface area contributed by atoms with Crippen LogP contribution in [0.2, 0.25) is 0 Å². The van der Waals surface area contributed by atoms with Gasteiger partial charge in [0.25, 0.3) is 5.91 Å². The van der Waals surface area contributed by atoms with Crippen LogP contribution in [0.1, 0.15) is 73.6 Å². The SMILES string of the molecule is C=C/C(=C\C=C/C)CC(NC(=O)C(NC(=O)C(CCC(C)=O)C(O)C(C)C)C(C)C)C(=O)N1CCCC(C(=O)OC)N1. The molecule has 5 atom stereocenters. The van der Waals surface area contributed by atoms with Crippen molar-refractivity contribution in [1.82, 2.24) is 21.1 Å². The zero-order valence-electron chi connectivity index (χ0n) is 26.1. The third-order valence-electron chi connectivity index (χ3n) is 7.24. The first-order valence-electron chi connectivity index (χ1n) is 14.6. The fourth-order valence-electron chi connectivity index (χ4n) is 4.66. The third kappa shape index (κ3) is 11.5. The summed E-state index contributed by atoms with van der Waals surface area (Å²) in [7, 11) is 1.28. The quantitative estimate of drug-likeness (QED) is 0.158. The minimum Gasteiger partial charge on any atom is -0.468 e. The molecule has 5 unspecified atom stereocenters. The van der Waals surface area contributed by atoms with E-state index in [0.717, 1.165) is 0 Å². The molecule has 236 valence electrons. The molecule has 0 bridgehead atoms. The number of carbonyl (C=O) groups excluding carboxylic acids is 5. The van der Waals surface area contributed by atoms with Crippen LogP contribution in [0.4, 0.5) is 0 Å². The lowest BCUT2D eigenvalue weighted by Crippen LogP contribution is -2.61. The number of nitrogens with one attached hydrogen (secondary N) is 3. The van der Waals surface area contributed by atoms with E-state index < -0.39 is 53.8 Å². The summed E-state index contributed by atoms with van der Waals surface area (Å²) in [6.45, 7) is 14.5. The molecule has 4 N–H and O–H groups in total. The van der Waals surface area contributed by atoms with Crippen molar-refractivity contribution in [2.24, 2.45) is 17.8 Å². The van der Waals surface area contributed by atoms with Crippen LogP contribution in [0.15, 0.2) is 36.5 Å². The second kappa shape index (κ2) is 18.3. The summed E-state index contributed by atoms with van der Waals surface area (Å²) < 4.78 is 4.83. The monoisotopic (exact) mass is 590 g/mol. The maximum absolute atomic E-state index is 13.7. The van der Waals surface area contributed by atoms with Gasteiger partial charge in [0.05, 0.1) is 19.1 Å². The first-order valence-corrected chi connectivity index (χ1v) is 14.6. The summed E-state index contributed by atoms with van der Waals surface area (Å²) in [5.41, 5.74) is 3.61. The van der Waals surface area contributed by atoms with Crippen molar-refractivity contribution in [3.8, 4) is 0 Å². The summed E-state index contributed by atoms with van der Waals surface area (Å²) in [6, 6.07) is -2.75. The Kier molecular flexibility index (Phi) is 16.0. The second-order valence-electron chi connectivity index (χ2n) is 11.4. The Morgan fingerprint density at radius 3 is 2.29 bits per heavy atom. The molecular weight excluding hydrogens is 540 g/mol. The number of aliphatic hydroxyl groups is 1. The molecule has 0 aromatic carbocycles. The van der Waals surface area contributed by atoms with Crippen molar-refractivity contribution < 1.29 is 33.8 Å². The van der Waals surface area contributed by atoms with Crippen LogP contribution in [0.3, 0.4) is 0 Å². The number of ether oxygens (including phenoxy) is 1. The Morgan fingerprint density at radius 2 is 1.76 bits per heavy atom. The Bertz CT molecular complexity index is 1020. The van der Waals surface area contributed by atoms with Gasteiger partial charge in [-0.2, -0.15) is 0 Å². The number of aliphatic hydroxyl groups excluding tert-OH is 1. The highest BCUT2D eigenvalue weighted by molar-refractivity contribution is 5.93. The van der Waals surface area contributed by atoms with Crippen LogP contribution >= 0.6 is 0 Å². The normalized spacial score (nSPS) is 18.8. The fraction of sp³-hybridized carbons (Fsp3) is 0.645. The number of Topliss-reactive ketones (excluding diaryl/α,β-unsaturated/α-hetero) is 1. The first-order chi connectivity index (χ1) is 19.8. The van der Waals surface area contributed by atoms with Crippen LogP contribution < -0.4 is 16.1 Å². The molecule has 3 amide bonds. The van der Waals surface area contributed by atoms with E-state index in [4.69, 9.17) is 4.74 Å². The van der Waals surface area contributed by atoms with E-state index in [2.05, 4.69) is 22.6 Å². The minimum atomic E-state index is -1.04. The van der Waals surface area contributed by atoms with Crippen LogP contribution in [-0.4, -0.2) is 77.5 Å². The zero-order chi connectivity index (χ0) is 32.0. The number of hydrogen-bond acceptors (Lipinski definition) is 8. The van der Waals surface area contributed by atoms with Gasteiger partial charge in [-0.25, -0.2) is 5.43 Å². The Hall–Kier alpha value is -3.31. The van der Waals surface area contributed by atoms with E-state index in [1.807, 2.05) is 13.0 Å². The van der Waals surface area contributed by atoms with Crippen molar-refractivity contribution in [3.05, 3.63) is 36.5 Å². The number of ketones is 1. The van der Waals surface area contributed by atoms with Crippen LogP contribution in [0.25, 0.3) is 0 Å². The largest absolute Gasteiger partial charge is 0.468 e.